The molecule has 2 aromatic carbocycles. The van der Waals surface area contributed by atoms with E-state index in [1.807, 2.05) is 24.3 Å². The van der Waals surface area contributed by atoms with Gasteiger partial charge in [-0.2, -0.15) is 5.10 Å². The second kappa shape index (κ2) is 7.61. The van der Waals surface area contributed by atoms with E-state index in [1.54, 1.807) is 0 Å². The van der Waals surface area contributed by atoms with Crippen LogP contribution in [0.1, 0.15) is 35.6 Å². The van der Waals surface area contributed by atoms with Gasteiger partial charge >= 0.3 is 0 Å². The Morgan fingerprint density at radius 3 is 2.50 bits per heavy atom. The molecule has 28 heavy (non-hydrogen) atoms. The predicted octanol–water partition coefficient (Wildman–Crippen LogP) is 4.87. The first kappa shape index (κ1) is 17.8. The lowest BCUT2D eigenvalue weighted by Crippen LogP contribution is -2.32. The summed E-state index contributed by atoms with van der Waals surface area (Å²) in [5.74, 6) is 1.72. The average Bonchev–Trinajstić information content (AvgIpc) is 3.33. The number of nitrogens with zero attached hydrogens (tertiary/aromatic N) is 3. The van der Waals surface area contributed by atoms with Gasteiger partial charge in [0.2, 0.25) is 0 Å². The van der Waals surface area contributed by atoms with E-state index in [2.05, 4.69) is 45.2 Å². The largest absolute Gasteiger partial charge is 0.369 e. The second-order valence-corrected chi connectivity index (χ2v) is 8.25. The van der Waals surface area contributed by atoms with Crippen molar-refractivity contribution in [2.45, 2.75) is 31.7 Å². The summed E-state index contributed by atoms with van der Waals surface area (Å²) < 4.78 is 2.07. The molecular formula is C23H25ClN4. The third-order valence-electron chi connectivity index (χ3n) is 5.98. The lowest BCUT2D eigenvalue weighted by molar-refractivity contribution is 0.203. The van der Waals surface area contributed by atoms with Crippen molar-refractivity contribution in [2.75, 3.05) is 25.0 Å². The maximum Gasteiger partial charge on any atom is 0.133 e. The summed E-state index contributed by atoms with van der Waals surface area (Å²) in [4.78, 5) is 2.57. The molecule has 0 unspecified atom stereocenters. The highest BCUT2D eigenvalue weighted by Gasteiger charge is 2.30. The highest BCUT2D eigenvalue weighted by atomic mass is 35.5. The number of anilines is 1. The topological polar surface area (TPSA) is 33.1 Å². The minimum absolute atomic E-state index is 0.550. The highest BCUT2D eigenvalue weighted by Crippen LogP contribution is 2.37. The Balaban J connectivity index is 1.33. The number of halogens is 1. The van der Waals surface area contributed by atoms with Crippen LogP contribution < -0.4 is 5.32 Å². The molecule has 0 bridgehead atoms. The van der Waals surface area contributed by atoms with Gasteiger partial charge in [-0.05, 0) is 62.2 Å². The third-order valence-corrected chi connectivity index (χ3v) is 6.23. The van der Waals surface area contributed by atoms with Crippen molar-refractivity contribution in [2.24, 2.45) is 0 Å². The van der Waals surface area contributed by atoms with Crippen LogP contribution in [0.3, 0.4) is 0 Å². The van der Waals surface area contributed by atoms with Crippen LogP contribution in [0.2, 0.25) is 5.02 Å². The van der Waals surface area contributed by atoms with Crippen molar-refractivity contribution in [3.8, 4) is 5.69 Å². The first-order chi connectivity index (χ1) is 13.8. The molecule has 5 heteroatoms. The Morgan fingerprint density at radius 1 is 1.00 bits per heavy atom. The number of likely N-dealkylation sites (tertiary alicyclic amines) is 1. The van der Waals surface area contributed by atoms with E-state index < -0.39 is 0 Å². The molecule has 5 rings (SSSR count). The van der Waals surface area contributed by atoms with E-state index in [1.165, 1.54) is 35.5 Å². The van der Waals surface area contributed by atoms with Crippen LogP contribution in [0.15, 0.2) is 54.6 Å². The molecule has 1 fully saturated rings. The van der Waals surface area contributed by atoms with E-state index >= 15 is 0 Å². The molecule has 0 amide bonds. The Bertz CT molecular complexity index is 941. The van der Waals surface area contributed by atoms with Crippen LogP contribution in [0.25, 0.3) is 5.69 Å². The van der Waals surface area contributed by atoms with Crippen LogP contribution in [-0.4, -0.2) is 34.3 Å². The first-order valence-corrected chi connectivity index (χ1v) is 10.5. The number of hydrogen-bond acceptors (Lipinski definition) is 3. The summed E-state index contributed by atoms with van der Waals surface area (Å²) in [6.45, 7) is 4.32. The summed E-state index contributed by atoms with van der Waals surface area (Å²) in [5.41, 5.74) is 5.19. The van der Waals surface area contributed by atoms with Gasteiger partial charge in [-0.15, -0.1) is 0 Å². The molecule has 4 nitrogen and oxygen atoms in total. The van der Waals surface area contributed by atoms with Gasteiger partial charge in [-0.1, -0.05) is 41.9 Å². The van der Waals surface area contributed by atoms with E-state index in [4.69, 9.17) is 16.7 Å². The molecule has 0 radical (unpaired) electrons. The van der Waals surface area contributed by atoms with Gasteiger partial charge in [0.15, 0.2) is 0 Å². The smallest absolute Gasteiger partial charge is 0.133 e. The molecule has 0 spiro atoms. The Labute approximate surface area is 171 Å². The SMILES string of the molecule is Clc1ccc(-n2nc(C3CCN(Cc4ccccc4)CC3)c3c2NCC3)cc1. The summed E-state index contributed by atoms with van der Waals surface area (Å²) in [6, 6.07) is 18.7. The monoisotopic (exact) mass is 392 g/mol. The molecule has 0 atom stereocenters. The van der Waals surface area contributed by atoms with E-state index in [0.717, 1.165) is 43.3 Å². The summed E-state index contributed by atoms with van der Waals surface area (Å²) >= 11 is 6.07. The number of aromatic nitrogens is 2. The van der Waals surface area contributed by atoms with Crippen LogP contribution in [0, 0.1) is 0 Å². The fraction of sp³-hybridized carbons (Fsp3) is 0.348. The number of rotatable bonds is 4. The van der Waals surface area contributed by atoms with Crippen molar-refractivity contribution in [3.63, 3.8) is 0 Å². The molecule has 1 N–H and O–H groups in total. The summed E-state index contributed by atoms with van der Waals surface area (Å²) in [5, 5.41) is 9.35. The van der Waals surface area contributed by atoms with Gasteiger partial charge in [0, 0.05) is 29.6 Å². The van der Waals surface area contributed by atoms with E-state index in [0.29, 0.717) is 5.92 Å². The minimum Gasteiger partial charge on any atom is -0.369 e. The van der Waals surface area contributed by atoms with Crippen molar-refractivity contribution in [1.29, 1.82) is 0 Å². The lowest BCUT2D eigenvalue weighted by atomic mass is 9.90. The van der Waals surface area contributed by atoms with Gasteiger partial charge < -0.3 is 5.32 Å². The standard InChI is InChI=1S/C23H25ClN4/c24-19-6-8-20(9-7-19)28-23-21(10-13-25-23)22(26-28)18-11-14-27(15-12-18)16-17-4-2-1-3-5-17/h1-9,18,25H,10-16H2. The number of fused-ring (bicyclic) bond motifs is 1. The van der Waals surface area contributed by atoms with Crippen molar-refractivity contribution < 1.29 is 0 Å². The molecule has 3 aromatic rings. The zero-order valence-electron chi connectivity index (χ0n) is 15.9. The summed E-state index contributed by atoms with van der Waals surface area (Å²) in [7, 11) is 0. The van der Waals surface area contributed by atoms with Crippen molar-refractivity contribution in [3.05, 3.63) is 76.4 Å². The van der Waals surface area contributed by atoms with Gasteiger partial charge in [-0.3, -0.25) is 4.90 Å². The highest BCUT2D eigenvalue weighted by molar-refractivity contribution is 6.30. The molecular weight excluding hydrogens is 368 g/mol. The van der Waals surface area contributed by atoms with Crippen LogP contribution in [-0.2, 0) is 13.0 Å². The van der Waals surface area contributed by atoms with Crippen LogP contribution in [0.4, 0.5) is 5.82 Å². The van der Waals surface area contributed by atoms with E-state index in [-0.39, 0.29) is 0 Å². The van der Waals surface area contributed by atoms with Gasteiger partial charge in [-0.25, -0.2) is 4.68 Å². The minimum atomic E-state index is 0.550. The number of benzene rings is 2. The Hall–Kier alpha value is -2.30. The quantitative estimate of drug-likeness (QED) is 0.687. The molecule has 0 aliphatic carbocycles. The molecule has 3 heterocycles. The molecule has 2 aliphatic heterocycles. The fourth-order valence-corrected chi connectivity index (χ4v) is 4.63. The zero-order chi connectivity index (χ0) is 18.9. The molecule has 1 aromatic heterocycles. The number of piperidine rings is 1. The Kier molecular flexibility index (Phi) is 4.83. The molecule has 0 saturated carbocycles. The van der Waals surface area contributed by atoms with Gasteiger partial charge in [0.05, 0.1) is 11.4 Å². The summed E-state index contributed by atoms with van der Waals surface area (Å²) in [6.07, 6.45) is 3.43. The third kappa shape index (κ3) is 3.43. The van der Waals surface area contributed by atoms with Crippen LogP contribution >= 0.6 is 11.6 Å². The zero-order valence-corrected chi connectivity index (χ0v) is 16.7. The second-order valence-electron chi connectivity index (χ2n) is 7.81. The number of nitrogens with one attached hydrogen (secondary N) is 1. The van der Waals surface area contributed by atoms with Crippen molar-refractivity contribution >= 4 is 17.4 Å². The maximum atomic E-state index is 6.07. The van der Waals surface area contributed by atoms with Crippen LogP contribution in [0.5, 0.6) is 0 Å². The van der Waals surface area contributed by atoms with E-state index in [9.17, 15) is 0 Å². The maximum absolute atomic E-state index is 6.07. The molecule has 1 saturated heterocycles. The molecule has 2 aliphatic rings. The Morgan fingerprint density at radius 2 is 1.75 bits per heavy atom. The fourth-order valence-electron chi connectivity index (χ4n) is 4.50. The predicted molar refractivity (Wildman–Crippen MR) is 114 cm³/mol. The average molecular weight is 393 g/mol. The van der Waals surface area contributed by atoms with Crippen molar-refractivity contribution in [1.82, 2.24) is 14.7 Å². The number of hydrogen-bond donors (Lipinski definition) is 1. The van der Waals surface area contributed by atoms with Gasteiger partial charge in [0.1, 0.15) is 5.82 Å². The molecule has 144 valence electrons. The van der Waals surface area contributed by atoms with Gasteiger partial charge in [0.25, 0.3) is 0 Å². The normalized spacial score (nSPS) is 17.5. The first-order valence-electron chi connectivity index (χ1n) is 10.2. The lowest BCUT2D eigenvalue weighted by Gasteiger charge is -2.31.